The summed E-state index contributed by atoms with van der Waals surface area (Å²) in [5.41, 5.74) is 0. The smallest absolute Gasteiger partial charge is 0.463 e. The molecule has 0 radical (unpaired) electrons. The molecule has 640 valence electrons. The molecule has 0 fully saturated rings. The number of phosphoric acid groups is 2. The lowest BCUT2D eigenvalue weighted by Crippen LogP contribution is -2.30. The van der Waals surface area contributed by atoms with Crippen LogP contribution in [-0.2, 0) is 55.8 Å². The van der Waals surface area contributed by atoms with Gasteiger partial charge in [-0.15, -0.1) is 0 Å². The molecule has 0 bridgehead atoms. The van der Waals surface area contributed by atoms with Gasteiger partial charge >= 0.3 is 33.6 Å². The Morgan fingerprint density at radius 1 is 0.261 bits per heavy atom. The quantitative estimate of drug-likeness (QED) is 0.0146. The van der Waals surface area contributed by atoms with E-state index in [1.54, 1.807) is 0 Å². The Labute approximate surface area is 677 Å². The third kappa shape index (κ3) is 86.4. The van der Waals surface area contributed by atoms with E-state index in [0.29, 0.717) is 19.3 Å². The summed E-state index contributed by atoms with van der Waals surface area (Å²) in [7, 11) is -9.78. The number of rotatable bonds is 84. The maximum atomic E-state index is 13.0. The van der Waals surface area contributed by atoms with Gasteiger partial charge in [-0.25, -0.2) is 9.13 Å². The van der Waals surface area contributed by atoms with Crippen molar-refractivity contribution in [3.05, 3.63) is 134 Å². The molecule has 0 heterocycles. The molecule has 0 aliphatic carbocycles. The Morgan fingerprint density at radius 2 is 0.477 bits per heavy atom. The average molecular weight is 1600 g/mol. The van der Waals surface area contributed by atoms with Gasteiger partial charge in [-0.05, 0) is 116 Å². The third-order valence-corrected chi connectivity index (χ3v) is 20.8. The van der Waals surface area contributed by atoms with Crippen molar-refractivity contribution >= 4 is 33.6 Å². The second kappa shape index (κ2) is 85.1. The molecule has 0 saturated carbocycles. The zero-order valence-corrected chi connectivity index (χ0v) is 72.1. The number of carbonyl (C=O) groups is 3. The Bertz CT molecular complexity index is 2550. The normalized spacial score (nSPS) is 14.5. The maximum Gasteiger partial charge on any atom is 0.472 e. The predicted molar refractivity (Wildman–Crippen MR) is 463 cm³/mol. The molecular formula is C93H162O16P2. The summed E-state index contributed by atoms with van der Waals surface area (Å²) in [6, 6.07) is 0. The molecule has 0 aliphatic rings. The molecule has 0 aromatic heterocycles. The number of hydrogen-bond donors (Lipinski definition) is 4. The molecule has 0 aliphatic heterocycles. The van der Waals surface area contributed by atoms with E-state index < -0.39 is 91.5 Å². The van der Waals surface area contributed by atoms with E-state index in [0.717, 1.165) is 141 Å². The van der Waals surface area contributed by atoms with Crippen molar-refractivity contribution in [1.82, 2.24) is 0 Å². The Morgan fingerprint density at radius 3 is 0.757 bits per heavy atom. The van der Waals surface area contributed by atoms with Crippen molar-refractivity contribution in [2.75, 3.05) is 39.6 Å². The maximum absolute atomic E-state index is 13.0. The highest BCUT2D eigenvalue weighted by Gasteiger charge is 2.29. The highest BCUT2D eigenvalue weighted by Crippen LogP contribution is 2.45. The molecule has 5 unspecified atom stereocenters. The molecule has 18 heteroatoms. The minimum atomic E-state index is -4.93. The standard InChI is InChI=1S/C93H162O16P2/c1-4-7-10-13-16-19-22-24-26-28-30-32-34-36-38-40-42-43-45-47-48-50-52-54-56-58-60-62-65-67-70-73-76-79-91(96)103-82-88(94)83-105-110(99,100)106-84-89(95)85-107-111(101,102)108-87-90(109-93(98)81-78-75-72-69-64-21-18-15-12-9-6-3)86-104-92(97)80-77-74-71-68-66-63-61-59-57-55-53-51-49-46-44-41-39-37-35-33-31-29-27-25-23-20-17-14-11-8-5-2/h7-8,10-11,16-17,19-20,24-27,30-33,36-39,42-43,88-90,94-95H,4-6,9,12-15,18,21-23,28-29,34-35,40-41,44-87H2,1-3H3,(H,99,100)(H,101,102)/b10-7-,11-8-,19-16-,20-17-,26-24-,27-25-,32-30-,33-31-,38-36-,39-37-,43-42-. The summed E-state index contributed by atoms with van der Waals surface area (Å²) in [6.07, 6.45) is 105. The van der Waals surface area contributed by atoms with Gasteiger partial charge in [0.2, 0.25) is 0 Å². The summed E-state index contributed by atoms with van der Waals surface area (Å²) in [4.78, 5) is 58.7. The van der Waals surface area contributed by atoms with E-state index in [1.165, 1.54) is 180 Å². The number of aliphatic hydroxyl groups is 2. The summed E-state index contributed by atoms with van der Waals surface area (Å²) in [6.45, 7) is 2.49. The first-order valence-corrected chi connectivity index (χ1v) is 47.5. The van der Waals surface area contributed by atoms with Gasteiger partial charge in [-0.3, -0.25) is 32.5 Å². The van der Waals surface area contributed by atoms with Crippen LogP contribution in [0.4, 0.5) is 0 Å². The van der Waals surface area contributed by atoms with Crippen LogP contribution in [0, 0.1) is 0 Å². The molecule has 4 N–H and O–H groups in total. The molecule has 0 spiro atoms. The van der Waals surface area contributed by atoms with Crippen LogP contribution in [0.25, 0.3) is 0 Å². The van der Waals surface area contributed by atoms with Gasteiger partial charge in [-0.1, -0.05) is 379 Å². The minimum Gasteiger partial charge on any atom is -0.463 e. The van der Waals surface area contributed by atoms with Gasteiger partial charge in [0, 0.05) is 19.3 Å². The number of allylic oxidation sites excluding steroid dienone is 22. The van der Waals surface area contributed by atoms with Gasteiger partial charge < -0.3 is 34.2 Å². The fraction of sp³-hybridized carbons (Fsp3) is 0.731. The van der Waals surface area contributed by atoms with Crippen molar-refractivity contribution < 1.29 is 75.8 Å². The van der Waals surface area contributed by atoms with E-state index in [4.69, 9.17) is 32.3 Å². The Hall–Kier alpha value is -4.31. The van der Waals surface area contributed by atoms with Crippen molar-refractivity contribution in [3.8, 4) is 0 Å². The van der Waals surface area contributed by atoms with E-state index in [-0.39, 0.29) is 19.3 Å². The molecule has 0 amide bonds. The van der Waals surface area contributed by atoms with Crippen LogP contribution in [0.1, 0.15) is 380 Å². The predicted octanol–water partition coefficient (Wildman–Crippen LogP) is 27.0. The van der Waals surface area contributed by atoms with E-state index >= 15 is 0 Å². The highest BCUT2D eigenvalue weighted by atomic mass is 31.2. The summed E-state index contributed by atoms with van der Waals surface area (Å²) in [5, 5.41) is 20.7. The second-order valence-electron chi connectivity index (χ2n) is 29.6. The van der Waals surface area contributed by atoms with Crippen LogP contribution in [0.2, 0.25) is 0 Å². The zero-order chi connectivity index (χ0) is 80.8. The van der Waals surface area contributed by atoms with Gasteiger partial charge in [0.25, 0.3) is 0 Å². The highest BCUT2D eigenvalue weighted by molar-refractivity contribution is 7.47. The number of phosphoric ester groups is 2. The van der Waals surface area contributed by atoms with Crippen molar-refractivity contribution in [2.24, 2.45) is 0 Å². The largest absolute Gasteiger partial charge is 0.472 e. The molecular weight excluding hydrogens is 1430 g/mol. The first kappa shape index (κ1) is 107. The van der Waals surface area contributed by atoms with Crippen LogP contribution in [0.5, 0.6) is 0 Å². The van der Waals surface area contributed by atoms with Gasteiger partial charge in [0.15, 0.2) is 6.10 Å². The minimum absolute atomic E-state index is 0.108. The first-order chi connectivity index (χ1) is 54.2. The number of hydrogen-bond acceptors (Lipinski definition) is 14. The molecule has 111 heavy (non-hydrogen) atoms. The molecule has 0 aromatic rings. The van der Waals surface area contributed by atoms with E-state index in [1.807, 2.05) is 0 Å². The lowest BCUT2D eigenvalue weighted by atomic mass is 10.0. The molecule has 0 saturated heterocycles. The molecule has 5 atom stereocenters. The summed E-state index contributed by atoms with van der Waals surface area (Å²) >= 11 is 0. The number of esters is 3. The Balaban J connectivity index is 4.35. The topological polar surface area (TPSA) is 231 Å². The third-order valence-electron chi connectivity index (χ3n) is 18.9. The fourth-order valence-electron chi connectivity index (χ4n) is 12.2. The van der Waals surface area contributed by atoms with Gasteiger partial charge in [0.05, 0.1) is 26.4 Å². The lowest BCUT2D eigenvalue weighted by Gasteiger charge is -2.21. The van der Waals surface area contributed by atoms with Gasteiger partial charge in [0.1, 0.15) is 25.4 Å². The summed E-state index contributed by atoms with van der Waals surface area (Å²) in [5.74, 6) is -1.56. The van der Waals surface area contributed by atoms with Crippen LogP contribution >= 0.6 is 15.6 Å². The number of ether oxygens (including phenoxy) is 3. The first-order valence-electron chi connectivity index (χ1n) is 44.5. The monoisotopic (exact) mass is 1600 g/mol. The van der Waals surface area contributed by atoms with Crippen molar-refractivity contribution in [2.45, 2.75) is 399 Å². The van der Waals surface area contributed by atoms with Crippen molar-refractivity contribution in [3.63, 3.8) is 0 Å². The number of aliphatic hydroxyl groups excluding tert-OH is 2. The summed E-state index contributed by atoms with van der Waals surface area (Å²) < 4.78 is 61.3. The number of carbonyl (C=O) groups excluding carboxylic acids is 3. The van der Waals surface area contributed by atoms with Crippen LogP contribution in [-0.4, -0.2) is 95.9 Å². The van der Waals surface area contributed by atoms with E-state index in [9.17, 15) is 43.5 Å². The fourth-order valence-corrected chi connectivity index (χ4v) is 13.8. The second-order valence-corrected chi connectivity index (χ2v) is 32.6. The average Bonchev–Trinajstić information content (AvgIpc) is 0.898. The van der Waals surface area contributed by atoms with Crippen LogP contribution in [0.15, 0.2) is 134 Å². The van der Waals surface area contributed by atoms with Gasteiger partial charge in [-0.2, -0.15) is 0 Å². The Kier molecular flexibility index (Phi) is 81.8. The van der Waals surface area contributed by atoms with Crippen LogP contribution < -0.4 is 0 Å². The number of unbranched alkanes of at least 4 members (excludes halogenated alkanes) is 39. The van der Waals surface area contributed by atoms with Crippen LogP contribution in [0.3, 0.4) is 0 Å². The lowest BCUT2D eigenvalue weighted by molar-refractivity contribution is -0.161. The molecule has 0 rings (SSSR count). The van der Waals surface area contributed by atoms with E-state index in [2.05, 4.69) is 154 Å². The zero-order valence-electron chi connectivity index (χ0n) is 70.4. The van der Waals surface area contributed by atoms with Crippen molar-refractivity contribution in [1.29, 1.82) is 0 Å². The molecule has 16 nitrogen and oxygen atoms in total. The molecule has 0 aromatic carbocycles. The SMILES string of the molecule is CC/C=C\C/C=C\C/C=C\C/C=C\C/C=C\C/C=C\CCCCCCCCCCCCCCCCC(=O)OCC(O)COP(=O)(O)OCC(O)COP(=O)(O)OCC(COC(=O)CCCCCCCCCCCCCCCCC/C=C\C/C=C\C/C=C\C/C=C\C/C=C\CC)OC(=O)CCCCCCCCCCCCC.